The third kappa shape index (κ3) is 9.44. The van der Waals surface area contributed by atoms with Crippen LogP contribution in [0.25, 0.3) is 0 Å². The van der Waals surface area contributed by atoms with Gasteiger partial charge in [-0.3, -0.25) is 0 Å². The summed E-state index contributed by atoms with van der Waals surface area (Å²) < 4.78 is 31.0. The van der Waals surface area contributed by atoms with Crippen LogP contribution < -0.4 is 20.1 Å². The number of aryl methyl sites for hydroxylation is 1. The van der Waals surface area contributed by atoms with Crippen LogP contribution in [0.4, 0.5) is 0 Å². The highest BCUT2D eigenvalue weighted by atomic mass is 127. The van der Waals surface area contributed by atoms with Gasteiger partial charge in [0.1, 0.15) is 5.75 Å². The molecule has 2 aromatic carbocycles. The molecule has 0 aromatic heterocycles. The van der Waals surface area contributed by atoms with Crippen molar-refractivity contribution in [3.8, 4) is 5.75 Å². The molecule has 0 aliphatic heterocycles. The fourth-order valence-corrected chi connectivity index (χ4v) is 3.67. The third-order valence-corrected chi connectivity index (χ3v) is 5.97. The summed E-state index contributed by atoms with van der Waals surface area (Å²) in [6, 6.07) is 13.7. The maximum absolute atomic E-state index is 11.6. The van der Waals surface area contributed by atoms with Gasteiger partial charge in [0.15, 0.2) is 5.96 Å². The molecule has 172 valence electrons. The van der Waals surface area contributed by atoms with Gasteiger partial charge in [-0.05, 0) is 55.6 Å². The zero-order chi connectivity index (χ0) is 22.0. The minimum atomic E-state index is -3.26. The van der Waals surface area contributed by atoms with Gasteiger partial charge in [-0.2, -0.15) is 0 Å². The Balaban J connectivity index is 0.00000480. The van der Waals surface area contributed by atoms with E-state index < -0.39 is 10.0 Å². The van der Waals surface area contributed by atoms with Crippen molar-refractivity contribution >= 4 is 40.0 Å². The van der Waals surface area contributed by atoms with Crippen LogP contribution in [0, 0.1) is 6.92 Å². The topological polar surface area (TPSA) is 91.8 Å². The van der Waals surface area contributed by atoms with E-state index in [9.17, 15) is 8.42 Å². The summed E-state index contributed by atoms with van der Waals surface area (Å²) in [7, 11) is -0.157. The average Bonchev–Trinajstić information content (AvgIpc) is 2.74. The second kappa shape index (κ2) is 13.5. The number of nitrogens with zero attached hydrogens (tertiary/aromatic N) is 1. The first-order valence-electron chi connectivity index (χ1n) is 10.0. The van der Waals surface area contributed by atoms with Crippen molar-refractivity contribution in [2.24, 2.45) is 4.99 Å². The van der Waals surface area contributed by atoms with Crippen LogP contribution in [-0.2, 0) is 28.7 Å². The molecule has 31 heavy (non-hydrogen) atoms. The summed E-state index contributed by atoms with van der Waals surface area (Å²) in [5.41, 5.74) is 4.09. The molecule has 0 aliphatic rings. The summed E-state index contributed by atoms with van der Waals surface area (Å²) in [5, 5.41) is 6.60. The third-order valence-electron chi connectivity index (χ3n) is 4.63. The van der Waals surface area contributed by atoms with Crippen molar-refractivity contribution in [1.82, 2.24) is 15.4 Å². The highest BCUT2D eigenvalue weighted by molar-refractivity contribution is 14.0. The Morgan fingerprint density at radius 3 is 2.29 bits per heavy atom. The zero-order valence-corrected chi connectivity index (χ0v) is 21.7. The van der Waals surface area contributed by atoms with Gasteiger partial charge in [0.25, 0.3) is 0 Å². The molecule has 0 heterocycles. The van der Waals surface area contributed by atoms with Crippen LogP contribution in [0.2, 0.25) is 0 Å². The molecule has 0 radical (unpaired) electrons. The van der Waals surface area contributed by atoms with E-state index in [-0.39, 0.29) is 29.7 Å². The van der Waals surface area contributed by atoms with E-state index in [2.05, 4.69) is 38.5 Å². The van der Waals surface area contributed by atoms with Crippen LogP contribution in [0.5, 0.6) is 5.75 Å². The van der Waals surface area contributed by atoms with Crippen LogP contribution in [0.3, 0.4) is 0 Å². The molecule has 9 heteroatoms. The number of ether oxygens (including phenoxy) is 1. The van der Waals surface area contributed by atoms with Crippen molar-refractivity contribution < 1.29 is 13.2 Å². The van der Waals surface area contributed by atoms with Gasteiger partial charge in [-0.1, -0.05) is 36.4 Å². The van der Waals surface area contributed by atoms with E-state index in [0.717, 1.165) is 47.9 Å². The highest BCUT2D eigenvalue weighted by Crippen LogP contribution is 2.19. The predicted molar refractivity (Wildman–Crippen MR) is 138 cm³/mol. The van der Waals surface area contributed by atoms with Crippen molar-refractivity contribution in [1.29, 1.82) is 0 Å². The number of hydrogen-bond acceptors (Lipinski definition) is 4. The van der Waals surface area contributed by atoms with Gasteiger partial charge in [0, 0.05) is 13.1 Å². The molecular weight excluding hydrogens is 527 g/mol. The summed E-state index contributed by atoms with van der Waals surface area (Å²) in [6.07, 6.45) is 0.857. The smallest absolute Gasteiger partial charge is 0.215 e. The normalized spacial score (nSPS) is 11.5. The minimum absolute atomic E-state index is 0. The monoisotopic (exact) mass is 560 g/mol. The summed E-state index contributed by atoms with van der Waals surface area (Å²) in [4.78, 5) is 4.62. The van der Waals surface area contributed by atoms with Crippen LogP contribution in [-0.4, -0.2) is 41.6 Å². The number of benzene rings is 2. The predicted octanol–water partition coefficient (Wildman–Crippen LogP) is 2.97. The lowest BCUT2D eigenvalue weighted by Crippen LogP contribution is -2.38. The molecule has 0 amide bonds. The Morgan fingerprint density at radius 1 is 1.03 bits per heavy atom. The molecule has 0 fully saturated rings. The van der Waals surface area contributed by atoms with Gasteiger partial charge >= 0.3 is 0 Å². The lowest BCUT2D eigenvalue weighted by molar-refractivity contribution is 0.411. The number of halogens is 1. The second-order valence-electron chi connectivity index (χ2n) is 6.96. The quantitative estimate of drug-likeness (QED) is 0.236. The SMILES string of the molecule is CCNC(=NCc1ccc(CS(=O)(=O)NC)cc1)NCCc1ccc(C)c(OC)c1.I. The van der Waals surface area contributed by atoms with Crippen LogP contribution in [0.15, 0.2) is 47.5 Å². The van der Waals surface area contributed by atoms with E-state index in [4.69, 9.17) is 4.74 Å². The average molecular weight is 561 g/mol. The molecule has 0 bridgehead atoms. The standard InChI is InChI=1S/C22H32N4O3S.HI/c1-5-24-22(25-13-12-18-7-6-17(2)21(14-18)29-4)26-15-19-8-10-20(11-9-19)16-30(27,28)23-3;/h6-11,14,23H,5,12-13,15-16H2,1-4H3,(H2,24,25,26);1H. The van der Waals surface area contributed by atoms with E-state index in [1.165, 1.54) is 12.6 Å². The van der Waals surface area contributed by atoms with E-state index in [1.807, 2.05) is 38.1 Å². The fourth-order valence-electron chi connectivity index (χ4n) is 2.89. The van der Waals surface area contributed by atoms with Gasteiger partial charge in [0.05, 0.1) is 19.4 Å². The maximum atomic E-state index is 11.6. The molecule has 2 rings (SSSR count). The first kappa shape index (κ1) is 27.2. The Morgan fingerprint density at radius 2 is 1.68 bits per heavy atom. The van der Waals surface area contributed by atoms with E-state index >= 15 is 0 Å². The number of hydrogen-bond donors (Lipinski definition) is 3. The first-order valence-corrected chi connectivity index (χ1v) is 11.7. The molecule has 0 aliphatic carbocycles. The van der Waals surface area contributed by atoms with Crippen molar-refractivity contribution in [2.45, 2.75) is 32.6 Å². The summed E-state index contributed by atoms with van der Waals surface area (Å²) >= 11 is 0. The molecule has 0 unspecified atom stereocenters. The first-order chi connectivity index (χ1) is 14.4. The number of sulfonamides is 1. The molecular formula is C22H33IN4O3S. The van der Waals surface area contributed by atoms with Gasteiger partial charge in [-0.15, -0.1) is 24.0 Å². The summed E-state index contributed by atoms with van der Waals surface area (Å²) in [6.45, 7) is 6.08. The molecule has 0 saturated carbocycles. The summed E-state index contributed by atoms with van der Waals surface area (Å²) in [5.74, 6) is 1.62. The Kier molecular flexibility index (Phi) is 11.9. The Bertz CT molecular complexity index is 948. The number of aliphatic imine (C=N–C) groups is 1. The maximum Gasteiger partial charge on any atom is 0.215 e. The molecule has 0 spiro atoms. The number of guanidine groups is 1. The zero-order valence-electron chi connectivity index (χ0n) is 18.6. The highest BCUT2D eigenvalue weighted by Gasteiger charge is 2.08. The molecule has 7 nitrogen and oxygen atoms in total. The van der Waals surface area contributed by atoms with E-state index in [1.54, 1.807) is 7.11 Å². The van der Waals surface area contributed by atoms with Gasteiger partial charge < -0.3 is 15.4 Å². The lowest BCUT2D eigenvalue weighted by atomic mass is 10.1. The van der Waals surface area contributed by atoms with E-state index in [0.29, 0.717) is 6.54 Å². The molecule has 0 saturated heterocycles. The Hall–Kier alpha value is -1.85. The van der Waals surface area contributed by atoms with Crippen molar-refractivity contribution in [3.63, 3.8) is 0 Å². The van der Waals surface area contributed by atoms with Gasteiger partial charge in [-0.25, -0.2) is 18.1 Å². The second-order valence-corrected chi connectivity index (χ2v) is 8.88. The van der Waals surface area contributed by atoms with Crippen molar-refractivity contribution in [3.05, 3.63) is 64.7 Å². The largest absolute Gasteiger partial charge is 0.496 e. The fraction of sp³-hybridized carbons (Fsp3) is 0.409. The molecule has 0 atom stereocenters. The van der Waals surface area contributed by atoms with Crippen molar-refractivity contribution in [2.75, 3.05) is 27.2 Å². The van der Waals surface area contributed by atoms with Crippen LogP contribution in [0.1, 0.15) is 29.2 Å². The number of methoxy groups -OCH3 is 1. The minimum Gasteiger partial charge on any atom is -0.496 e. The Labute approximate surface area is 203 Å². The van der Waals surface area contributed by atoms with Gasteiger partial charge in [0.2, 0.25) is 10.0 Å². The van der Waals surface area contributed by atoms with Crippen LogP contribution >= 0.6 is 24.0 Å². The molecule has 3 N–H and O–H groups in total. The number of rotatable bonds is 10. The molecule has 2 aromatic rings. The number of nitrogens with one attached hydrogen (secondary N) is 3. The lowest BCUT2D eigenvalue weighted by Gasteiger charge is -2.12.